The van der Waals surface area contributed by atoms with Crippen LogP contribution in [0.25, 0.3) is 10.8 Å². The second-order valence-corrected chi connectivity index (χ2v) is 7.49. The van der Waals surface area contributed by atoms with E-state index in [1.54, 1.807) is 37.6 Å². The summed E-state index contributed by atoms with van der Waals surface area (Å²) in [6, 6.07) is 7.02. The summed E-state index contributed by atoms with van der Waals surface area (Å²) in [5.41, 5.74) is -0.281. The van der Waals surface area contributed by atoms with Crippen LogP contribution in [-0.2, 0) is 4.79 Å². The minimum absolute atomic E-state index is 0.00127. The third-order valence-electron chi connectivity index (χ3n) is 5.03. The van der Waals surface area contributed by atoms with Crippen molar-refractivity contribution in [3.63, 3.8) is 0 Å². The summed E-state index contributed by atoms with van der Waals surface area (Å²) in [6.07, 6.45) is 5.22. The predicted octanol–water partition coefficient (Wildman–Crippen LogP) is 2.14. The van der Waals surface area contributed by atoms with Gasteiger partial charge in [0.05, 0.1) is 5.56 Å². The Hall–Kier alpha value is -3.66. The van der Waals surface area contributed by atoms with Crippen LogP contribution in [-0.4, -0.2) is 44.2 Å². The number of ether oxygens (including phenoxy) is 2. The molecule has 31 heavy (non-hydrogen) atoms. The number of rotatable bonds is 3. The molecule has 9 heteroatoms. The van der Waals surface area contributed by atoms with Crippen LogP contribution in [0.5, 0.6) is 11.5 Å². The molecule has 0 atom stereocenters. The molecular formula is C22H16B2N4O3. The highest BCUT2D eigenvalue weighted by molar-refractivity contribution is 6.38. The van der Waals surface area contributed by atoms with Crippen molar-refractivity contribution in [2.75, 3.05) is 17.7 Å². The number of fused-ring (bicyclic) bond motifs is 2. The van der Waals surface area contributed by atoms with E-state index in [1.807, 2.05) is 6.07 Å². The SMILES string of the molecule is [B]C1([B])Oc2ccc(C#Cc3cnc(NC)c4cnc(NC(=O)C5CC5)cc34)cc2O1. The number of anilines is 2. The molecule has 1 aliphatic carbocycles. The van der Waals surface area contributed by atoms with Crippen LogP contribution < -0.4 is 20.1 Å². The van der Waals surface area contributed by atoms with E-state index >= 15 is 0 Å². The Bertz CT molecular complexity index is 1280. The molecule has 1 saturated carbocycles. The first-order chi connectivity index (χ1) is 14.9. The van der Waals surface area contributed by atoms with Crippen molar-refractivity contribution in [3.8, 4) is 23.3 Å². The van der Waals surface area contributed by atoms with Gasteiger partial charge in [-0.1, -0.05) is 11.8 Å². The molecule has 4 radical (unpaired) electrons. The predicted molar refractivity (Wildman–Crippen MR) is 118 cm³/mol. The highest BCUT2D eigenvalue weighted by Crippen LogP contribution is 2.37. The number of benzene rings is 1. The van der Waals surface area contributed by atoms with Crippen molar-refractivity contribution in [2.45, 2.75) is 18.4 Å². The Morgan fingerprint density at radius 1 is 1.10 bits per heavy atom. The van der Waals surface area contributed by atoms with Gasteiger partial charge in [0.2, 0.25) is 5.91 Å². The number of pyridine rings is 2. The second kappa shape index (κ2) is 7.24. The standard InChI is InChI=1S/C22H16B2N4O3/c1-25-20-16-11-26-19(28-21(29)13-5-6-13)9-15(16)14(10-27-20)4-2-12-3-7-17-18(8-12)31-22(23,24)30-17/h3,7-11,13H,5-6H2,1H3,(H,25,27)(H,26,28,29). The molecule has 2 N–H and O–H groups in total. The summed E-state index contributed by atoms with van der Waals surface area (Å²) in [5.74, 6) is 8.40. The molecule has 3 aromatic rings. The molecule has 1 aromatic carbocycles. The third-order valence-corrected chi connectivity index (χ3v) is 5.03. The van der Waals surface area contributed by atoms with Crippen LogP contribution in [0.3, 0.4) is 0 Å². The first-order valence-electron chi connectivity index (χ1n) is 9.81. The summed E-state index contributed by atoms with van der Waals surface area (Å²) < 4.78 is 10.6. The summed E-state index contributed by atoms with van der Waals surface area (Å²) in [5, 5.41) is 7.57. The Labute approximate surface area is 181 Å². The van der Waals surface area contributed by atoms with Crippen LogP contribution >= 0.6 is 0 Å². The maximum atomic E-state index is 12.1. The van der Waals surface area contributed by atoms with Gasteiger partial charge in [-0.25, -0.2) is 9.97 Å². The third kappa shape index (κ3) is 3.89. The van der Waals surface area contributed by atoms with Crippen molar-refractivity contribution < 1.29 is 14.3 Å². The molecule has 2 aromatic heterocycles. The number of hydrogen-bond donors (Lipinski definition) is 2. The minimum Gasteiger partial charge on any atom is -0.468 e. The number of aromatic nitrogens is 2. The van der Waals surface area contributed by atoms with Crippen LogP contribution in [0, 0.1) is 17.8 Å². The molecule has 3 heterocycles. The Morgan fingerprint density at radius 2 is 1.90 bits per heavy atom. The molecule has 0 bridgehead atoms. The zero-order valence-corrected chi connectivity index (χ0v) is 16.7. The largest absolute Gasteiger partial charge is 0.468 e. The lowest BCUT2D eigenvalue weighted by atomic mass is 9.76. The van der Waals surface area contributed by atoms with E-state index in [0.29, 0.717) is 34.3 Å². The number of carbonyl (C=O) groups is 1. The van der Waals surface area contributed by atoms with Crippen LogP contribution in [0.1, 0.15) is 24.0 Å². The molecular weight excluding hydrogens is 390 g/mol. The number of nitrogens with zero attached hydrogens (tertiary/aromatic N) is 2. The number of amides is 1. The fraction of sp³-hybridized carbons (Fsp3) is 0.227. The molecule has 7 nitrogen and oxygen atoms in total. The molecule has 5 rings (SSSR count). The monoisotopic (exact) mass is 406 g/mol. The van der Waals surface area contributed by atoms with Crippen molar-refractivity contribution in [1.82, 2.24) is 9.97 Å². The number of hydrogen-bond acceptors (Lipinski definition) is 6. The Balaban J connectivity index is 1.51. The number of nitrogens with one attached hydrogen (secondary N) is 2. The fourth-order valence-corrected chi connectivity index (χ4v) is 3.33. The lowest BCUT2D eigenvalue weighted by Gasteiger charge is -2.18. The summed E-state index contributed by atoms with van der Waals surface area (Å²) in [6.45, 7) is 0. The molecule has 1 aliphatic heterocycles. The van der Waals surface area contributed by atoms with Gasteiger partial charge < -0.3 is 20.1 Å². The van der Waals surface area contributed by atoms with Crippen molar-refractivity contribution in [1.29, 1.82) is 0 Å². The summed E-state index contributed by atoms with van der Waals surface area (Å²) >= 11 is 0. The fourth-order valence-electron chi connectivity index (χ4n) is 3.33. The van der Waals surface area contributed by atoms with Gasteiger partial charge in [-0.3, -0.25) is 4.79 Å². The van der Waals surface area contributed by atoms with Gasteiger partial charge in [0, 0.05) is 41.7 Å². The molecule has 148 valence electrons. The van der Waals surface area contributed by atoms with E-state index in [2.05, 4.69) is 32.4 Å². The van der Waals surface area contributed by atoms with Gasteiger partial charge in [-0.2, -0.15) is 0 Å². The highest BCUT2D eigenvalue weighted by atomic mass is 16.7. The maximum Gasteiger partial charge on any atom is 0.228 e. The van der Waals surface area contributed by atoms with E-state index in [9.17, 15) is 4.79 Å². The van der Waals surface area contributed by atoms with E-state index in [-0.39, 0.29) is 11.8 Å². The zero-order chi connectivity index (χ0) is 21.6. The quantitative estimate of drug-likeness (QED) is 0.513. The van der Waals surface area contributed by atoms with Crippen molar-refractivity contribution in [3.05, 3.63) is 47.8 Å². The van der Waals surface area contributed by atoms with E-state index in [4.69, 9.17) is 25.2 Å². The Kier molecular flexibility index (Phi) is 4.51. The van der Waals surface area contributed by atoms with Crippen LogP contribution in [0.4, 0.5) is 11.6 Å². The Morgan fingerprint density at radius 3 is 2.68 bits per heavy atom. The number of carbonyl (C=O) groups excluding carboxylic acids is 1. The van der Waals surface area contributed by atoms with Crippen molar-refractivity contribution >= 4 is 44.0 Å². The molecule has 0 spiro atoms. The minimum atomic E-state index is -1.67. The smallest absolute Gasteiger partial charge is 0.228 e. The van der Waals surface area contributed by atoms with Gasteiger partial charge in [-0.05, 0) is 37.1 Å². The van der Waals surface area contributed by atoms with Gasteiger partial charge in [0.25, 0.3) is 0 Å². The molecule has 2 aliphatic rings. The van der Waals surface area contributed by atoms with Crippen molar-refractivity contribution in [2.24, 2.45) is 5.92 Å². The maximum absolute atomic E-state index is 12.1. The molecule has 1 amide bonds. The van der Waals surface area contributed by atoms with E-state index in [0.717, 1.165) is 23.6 Å². The average Bonchev–Trinajstić information content (AvgIpc) is 3.54. The lowest BCUT2D eigenvalue weighted by Crippen LogP contribution is -2.39. The van der Waals surface area contributed by atoms with Gasteiger partial charge in [0.1, 0.15) is 11.6 Å². The van der Waals surface area contributed by atoms with E-state index in [1.165, 1.54) is 0 Å². The van der Waals surface area contributed by atoms with Gasteiger partial charge in [0.15, 0.2) is 32.8 Å². The summed E-state index contributed by atoms with van der Waals surface area (Å²) in [7, 11) is 13.1. The first kappa shape index (κ1) is 19.3. The normalized spacial score (nSPS) is 15.8. The van der Waals surface area contributed by atoms with E-state index < -0.39 is 5.59 Å². The first-order valence-corrected chi connectivity index (χ1v) is 9.81. The lowest BCUT2D eigenvalue weighted by molar-refractivity contribution is -0.117. The topological polar surface area (TPSA) is 85.4 Å². The van der Waals surface area contributed by atoms with Gasteiger partial charge >= 0.3 is 0 Å². The summed E-state index contributed by atoms with van der Waals surface area (Å²) in [4.78, 5) is 20.9. The average molecular weight is 406 g/mol. The molecule has 0 saturated heterocycles. The highest BCUT2D eigenvalue weighted by Gasteiger charge is 2.30. The zero-order valence-electron chi connectivity index (χ0n) is 16.7. The second-order valence-electron chi connectivity index (χ2n) is 7.49. The van der Waals surface area contributed by atoms with Gasteiger partial charge in [-0.15, -0.1) is 0 Å². The van der Waals surface area contributed by atoms with Crippen LogP contribution in [0.2, 0.25) is 0 Å². The molecule has 1 fully saturated rings. The molecule has 0 unspecified atom stereocenters. The van der Waals surface area contributed by atoms with Crippen LogP contribution in [0.15, 0.2) is 36.7 Å².